The molecule has 0 heterocycles. The second-order valence-electron chi connectivity index (χ2n) is 4.70. The van der Waals surface area contributed by atoms with Crippen LogP contribution in [0.4, 0.5) is 0 Å². The Morgan fingerprint density at radius 1 is 0.917 bits per heavy atom. The van der Waals surface area contributed by atoms with Crippen molar-refractivity contribution in [2.24, 2.45) is 17.8 Å². The van der Waals surface area contributed by atoms with Crippen molar-refractivity contribution in [2.75, 3.05) is 0 Å². The monoisotopic (exact) mass is 166 g/mol. The van der Waals surface area contributed by atoms with Crippen molar-refractivity contribution in [3.8, 4) is 0 Å². The lowest BCUT2D eigenvalue weighted by Gasteiger charge is -2.20. The molecule has 0 unspecified atom stereocenters. The average Bonchev–Trinajstić information content (AvgIpc) is 1.84. The lowest BCUT2D eigenvalue weighted by molar-refractivity contribution is 0.335. The van der Waals surface area contributed by atoms with Crippen molar-refractivity contribution in [1.82, 2.24) is 0 Å². The van der Waals surface area contributed by atoms with Crippen LogP contribution in [-0.2, 0) is 0 Å². The van der Waals surface area contributed by atoms with Gasteiger partial charge in [-0.25, -0.2) is 0 Å². The average molecular weight is 166 g/mol. The quantitative estimate of drug-likeness (QED) is 0.528. The minimum atomic E-state index is 0.820. The number of rotatable bonds is 6. The molecule has 0 amide bonds. The maximum absolute atomic E-state index is 5.58. The predicted molar refractivity (Wildman–Crippen MR) is 57.6 cm³/mol. The van der Waals surface area contributed by atoms with Gasteiger partial charge in [0.1, 0.15) is 0 Å². The Labute approximate surface area is 79.5 Å². The molecule has 0 aliphatic carbocycles. The summed E-state index contributed by atoms with van der Waals surface area (Å²) < 4.78 is 0. The molecule has 0 saturated heterocycles. The Morgan fingerprint density at radius 3 is 1.58 bits per heavy atom. The standard InChI is InChI=1S/C11H23B/c1-9(2)7-11(5-6-12)8-10(3)4/h9-11H,5-8H2,1-4H3. The summed E-state index contributed by atoms with van der Waals surface area (Å²) in [6.45, 7) is 9.18. The molecule has 0 fully saturated rings. The largest absolute Gasteiger partial charge is 0.0884 e. The number of hydrogen-bond donors (Lipinski definition) is 0. The maximum Gasteiger partial charge on any atom is 0.0653 e. The summed E-state index contributed by atoms with van der Waals surface area (Å²) in [6.07, 6.45) is 4.74. The van der Waals surface area contributed by atoms with Gasteiger partial charge in [0.05, 0.1) is 7.85 Å². The van der Waals surface area contributed by atoms with E-state index < -0.39 is 0 Å². The van der Waals surface area contributed by atoms with Gasteiger partial charge in [-0.1, -0.05) is 40.4 Å². The van der Waals surface area contributed by atoms with Gasteiger partial charge in [0, 0.05) is 0 Å². The zero-order valence-electron chi connectivity index (χ0n) is 9.14. The molecule has 0 aliphatic heterocycles. The zero-order chi connectivity index (χ0) is 9.56. The summed E-state index contributed by atoms with van der Waals surface area (Å²) in [5, 5.41) is 0. The highest BCUT2D eigenvalue weighted by Crippen LogP contribution is 2.23. The summed E-state index contributed by atoms with van der Waals surface area (Å²) in [7, 11) is 5.58. The fourth-order valence-electron chi connectivity index (χ4n) is 1.90. The third kappa shape index (κ3) is 6.76. The molecule has 0 atom stereocenters. The Bertz CT molecular complexity index is 87.2. The normalized spacial score (nSPS) is 11.9. The van der Waals surface area contributed by atoms with Crippen LogP contribution < -0.4 is 0 Å². The molecule has 1 heteroatoms. The van der Waals surface area contributed by atoms with Gasteiger partial charge in [0.25, 0.3) is 0 Å². The molecule has 0 aromatic carbocycles. The minimum Gasteiger partial charge on any atom is -0.0884 e. The molecule has 0 rings (SSSR count). The number of hydrogen-bond acceptors (Lipinski definition) is 0. The highest BCUT2D eigenvalue weighted by molar-refractivity contribution is 6.08. The van der Waals surface area contributed by atoms with Crippen LogP contribution in [0.3, 0.4) is 0 Å². The molecule has 12 heavy (non-hydrogen) atoms. The Balaban J connectivity index is 3.69. The highest BCUT2D eigenvalue weighted by Gasteiger charge is 2.11. The molecule has 70 valence electrons. The van der Waals surface area contributed by atoms with Crippen LogP contribution >= 0.6 is 0 Å². The summed E-state index contributed by atoms with van der Waals surface area (Å²) in [4.78, 5) is 0. The molecule has 0 spiro atoms. The first-order valence-corrected chi connectivity index (χ1v) is 5.26. The van der Waals surface area contributed by atoms with E-state index in [1.807, 2.05) is 0 Å². The van der Waals surface area contributed by atoms with E-state index in [2.05, 4.69) is 27.7 Å². The Hall–Kier alpha value is 0.0649. The van der Waals surface area contributed by atoms with Gasteiger partial charge >= 0.3 is 0 Å². The highest BCUT2D eigenvalue weighted by atomic mass is 14.2. The van der Waals surface area contributed by atoms with Gasteiger partial charge in [0.15, 0.2) is 0 Å². The second-order valence-corrected chi connectivity index (χ2v) is 4.70. The topological polar surface area (TPSA) is 0 Å². The molecule has 0 N–H and O–H groups in total. The van der Waals surface area contributed by atoms with E-state index in [9.17, 15) is 0 Å². The lowest BCUT2D eigenvalue weighted by Crippen LogP contribution is -2.07. The third-order valence-electron chi connectivity index (χ3n) is 2.18. The molecule has 0 aromatic rings. The van der Waals surface area contributed by atoms with Crippen molar-refractivity contribution < 1.29 is 0 Å². The lowest BCUT2D eigenvalue weighted by atomic mass is 9.83. The first-order chi connectivity index (χ1) is 5.56. The molecule has 2 radical (unpaired) electrons. The first kappa shape index (κ1) is 12.1. The second kappa shape index (κ2) is 6.57. The minimum absolute atomic E-state index is 0.820. The van der Waals surface area contributed by atoms with Crippen molar-refractivity contribution >= 4 is 7.85 Å². The van der Waals surface area contributed by atoms with Crippen molar-refractivity contribution in [3.05, 3.63) is 0 Å². The Kier molecular flexibility index (Phi) is 6.60. The smallest absolute Gasteiger partial charge is 0.0653 e. The van der Waals surface area contributed by atoms with Crippen LogP contribution in [0.15, 0.2) is 0 Å². The van der Waals surface area contributed by atoms with E-state index in [4.69, 9.17) is 7.85 Å². The van der Waals surface area contributed by atoms with Gasteiger partial charge in [-0.05, 0) is 30.6 Å². The summed E-state index contributed by atoms with van der Waals surface area (Å²) in [5.74, 6) is 2.50. The molecule has 0 saturated carbocycles. The SMILES string of the molecule is [B]CCC(CC(C)C)CC(C)C. The zero-order valence-corrected chi connectivity index (χ0v) is 9.14. The van der Waals surface area contributed by atoms with Crippen LogP contribution in [0.1, 0.15) is 47.0 Å². The van der Waals surface area contributed by atoms with E-state index in [-0.39, 0.29) is 0 Å². The van der Waals surface area contributed by atoms with Crippen LogP contribution in [0.2, 0.25) is 6.32 Å². The predicted octanol–water partition coefficient (Wildman–Crippen LogP) is 3.67. The third-order valence-corrected chi connectivity index (χ3v) is 2.18. The van der Waals surface area contributed by atoms with Crippen LogP contribution in [0.5, 0.6) is 0 Å². The molecule has 0 bridgehead atoms. The van der Waals surface area contributed by atoms with Gasteiger partial charge in [-0.15, -0.1) is 0 Å². The summed E-state index contributed by atoms with van der Waals surface area (Å²) >= 11 is 0. The van der Waals surface area contributed by atoms with E-state index in [1.165, 1.54) is 19.3 Å². The van der Waals surface area contributed by atoms with Crippen molar-refractivity contribution in [2.45, 2.75) is 53.3 Å². The van der Waals surface area contributed by atoms with Crippen LogP contribution in [0, 0.1) is 17.8 Å². The van der Waals surface area contributed by atoms with Crippen molar-refractivity contribution in [3.63, 3.8) is 0 Å². The van der Waals surface area contributed by atoms with Crippen molar-refractivity contribution in [1.29, 1.82) is 0 Å². The summed E-state index contributed by atoms with van der Waals surface area (Å²) in [5.41, 5.74) is 0. The van der Waals surface area contributed by atoms with Crippen LogP contribution in [0.25, 0.3) is 0 Å². The van der Waals surface area contributed by atoms with E-state index in [0.717, 1.165) is 24.1 Å². The molecule has 0 aliphatic rings. The van der Waals surface area contributed by atoms with Gasteiger partial charge in [-0.2, -0.15) is 0 Å². The molecule has 0 aromatic heterocycles. The van der Waals surface area contributed by atoms with Crippen LogP contribution in [-0.4, -0.2) is 7.85 Å². The van der Waals surface area contributed by atoms with E-state index in [1.54, 1.807) is 0 Å². The fourth-order valence-corrected chi connectivity index (χ4v) is 1.90. The fraction of sp³-hybridized carbons (Fsp3) is 1.00. The first-order valence-electron chi connectivity index (χ1n) is 5.26. The molecular formula is C11H23B. The Morgan fingerprint density at radius 2 is 1.33 bits per heavy atom. The van der Waals surface area contributed by atoms with Gasteiger partial charge in [-0.3, -0.25) is 0 Å². The molecule has 0 nitrogen and oxygen atoms in total. The van der Waals surface area contributed by atoms with E-state index >= 15 is 0 Å². The van der Waals surface area contributed by atoms with Gasteiger partial charge < -0.3 is 0 Å². The van der Waals surface area contributed by atoms with Gasteiger partial charge in [0.2, 0.25) is 0 Å². The molecular weight excluding hydrogens is 143 g/mol. The summed E-state index contributed by atoms with van der Waals surface area (Å²) in [6, 6.07) is 0. The maximum atomic E-state index is 5.58. The van der Waals surface area contributed by atoms with E-state index in [0.29, 0.717) is 0 Å².